The van der Waals surface area contributed by atoms with E-state index in [4.69, 9.17) is 9.57 Å². The Kier molecular flexibility index (Phi) is 4.98. The van der Waals surface area contributed by atoms with Crippen molar-refractivity contribution >= 4 is 6.21 Å². The van der Waals surface area contributed by atoms with Crippen molar-refractivity contribution in [3.63, 3.8) is 0 Å². The van der Waals surface area contributed by atoms with Crippen molar-refractivity contribution in [1.82, 2.24) is 4.90 Å². The molecule has 0 aromatic heterocycles. The van der Waals surface area contributed by atoms with E-state index in [0.29, 0.717) is 12.5 Å². The molecule has 0 saturated carbocycles. The van der Waals surface area contributed by atoms with E-state index < -0.39 is 0 Å². The summed E-state index contributed by atoms with van der Waals surface area (Å²) in [5.41, 5.74) is 2.15. The number of piperidine rings is 3. The van der Waals surface area contributed by atoms with Crippen LogP contribution >= 0.6 is 0 Å². The number of ether oxygens (including phenoxy) is 1. The van der Waals surface area contributed by atoms with Crippen LogP contribution in [0.3, 0.4) is 0 Å². The van der Waals surface area contributed by atoms with E-state index in [0.717, 1.165) is 23.4 Å². The third-order valence-corrected chi connectivity index (χ3v) is 5.10. The Morgan fingerprint density at radius 2 is 1.88 bits per heavy atom. The fourth-order valence-electron chi connectivity index (χ4n) is 3.63. The molecule has 25 heavy (non-hydrogen) atoms. The molecule has 3 saturated heterocycles. The van der Waals surface area contributed by atoms with Crippen molar-refractivity contribution in [3.05, 3.63) is 65.7 Å². The largest absolute Gasteiger partial charge is 0.489 e. The van der Waals surface area contributed by atoms with Crippen LogP contribution in [-0.4, -0.2) is 36.9 Å². The van der Waals surface area contributed by atoms with Gasteiger partial charge in [0.25, 0.3) is 0 Å². The topological polar surface area (TPSA) is 34.1 Å². The maximum atomic E-state index is 5.86. The van der Waals surface area contributed by atoms with Crippen LogP contribution in [0, 0.1) is 5.92 Å². The Balaban J connectivity index is 1.32. The van der Waals surface area contributed by atoms with Crippen molar-refractivity contribution in [1.29, 1.82) is 0 Å². The molecule has 0 radical (unpaired) electrons. The van der Waals surface area contributed by atoms with E-state index in [1.165, 1.54) is 25.9 Å². The Bertz CT molecular complexity index is 709. The molecule has 130 valence electrons. The summed E-state index contributed by atoms with van der Waals surface area (Å²) in [4.78, 5) is 8.25. The zero-order chi connectivity index (χ0) is 16.9. The Morgan fingerprint density at radius 3 is 2.64 bits per heavy atom. The van der Waals surface area contributed by atoms with E-state index in [1.807, 2.05) is 42.5 Å². The van der Waals surface area contributed by atoms with Crippen LogP contribution in [-0.2, 0) is 11.4 Å². The van der Waals surface area contributed by atoms with Gasteiger partial charge >= 0.3 is 0 Å². The van der Waals surface area contributed by atoms with Crippen LogP contribution in [0.2, 0.25) is 0 Å². The number of oxime groups is 1. The quantitative estimate of drug-likeness (QED) is 0.596. The maximum Gasteiger partial charge on any atom is 0.143 e. The monoisotopic (exact) mass is 336 g/mol. The SMILES string of the molecule is C(=N\OC1CN2CCC1CC2)/c1cccc(OCc2ccccc2)c1. The van der Waals surface area contributed by atoms with Crippen LogP contribution in [0.25, 0.3) is 0 Å². The summed E-state index contributed by atoms with van der Waals surface area (Å²) in [6.07, 6.45) is 4.51. The van der Waals surface area contributed by atoms with Gasteiger partial charge in [-0.2, -0.15) is 0 Å². The van der Waals surface area contributed by atoms with Crippen LogP contribution in [0.15, 0.2) is 59.8 Å². The van der Waals surface area contributed by atoms with E-state index in [9.17, 15) is 0 Å². The van der Waals surface area contributed by atoms with Crippen molar-refractivity contribution in [2.45, 2.75) is 25.6 Å². The van der Waals surface area contributed by atoms with Gasteiger partial charge in [-0.1, -0.05) is 47.6 Å². The minimum Gasteiger partial charge on any atom is -0.489 e. The summed E-state index contributed by atoms with van der Waals surface area (Å²) >= 11 is 0. The highest BCUT2D eigenvalue weighted by Gasteiger charge is 2.35. The lowest BCUT2D eigenvalue weighted by atomic mass is 9.86. The maximum absolute atomic E-state index is 5.86. The summed E-state index contributed by atoms with van der Waals surface area (Å²) in [7, 11) is 0. The van der Waals surface area contributed by atoms with Gasteiger partial charge in [0.2, 0.25) is 0 Å². The van der Waals surface area contributed by atoms with Gasteiger partial charge in [0.05, 0.1) is 6.21 Å². The normalized spacial score (nSPS) is 25.2. The standard InChI is InChI=1S/C21H24N2O2/c1-2-5-17(6-3-1)16-24-20-8-4-7-18(13-20)14-22-25-21-15-23-11-9-19(21)10-12-23/h1-8,13-14,19,21H,9-12,15-16H2/b22-14+. The smallest absolute Gasteiger partial charge is 0.143 e. The minimum atomic E-state index is 0.247. The van der Waals surface area contributed by atoms with Crippen LogP contribution < -0.4 is 4.74 Å². The summed E-state index contributed by atoms with van der Waals surface area (Å²) in [5, 5.41) is 4.24. The summed E-state index contributed by atoms with van der Waals surface area (Å²) in [6.45, 7) is 4.02. The van der Waals surface area contributed by atoms with Crippen molar-refractivity contribution in [2.75, 3.05) is 19.6 Å². The molecule has 5 rings (SSSR count). The van der Waals surface area contributed by atoms with Crippen molar-refractivity contribution in [3.8, 4) is 5.75 Å². The third-order valence-electron chi connectivity index (χ3n) is 5.10. The summed E-state index contributed by atoms with van der Waals surface area (Å²) < 4.78 is 5.86. The molecule has 0 N–H and O–H groups in total. The predicted molar refractivity (Wildman–Crippen MR) is 98.8 cm³/mol. The first kappa shape index (κ1) is 16.2. The minimum absolute atomic E-state index is 0.247. The molecule has 0 aliphatic carbocycles. The van der Waals surface area contributed by atoms with Gasteiger partial charge in [-0.25, -0.2) is 0 Å². The number of rotatable bonds is 6. The number of nitrogens with zero attached hydrogens (tertiary/aromatic N) is 2. The zero-order valence-electron chi connectivity index (χ0n) is 14.4. The highest BCUT2D eigenvalue weighted by atomic mass is 16.6. The fraction of sp³-hybridized carbons (Fsp3) is 0.381. The zero-order valence-corrected chi connectivity index (χ0v) is 14.4. The molecule has 3 aliphatic heterocycles. The van der Waals surface area contributed by atoms with Gasteiger partial charge in [0.15, 0.2) is 0 Å². The summed E-state index contributed by atoms with van der Waals surface area (Å²) in [6, 6.07) is 18.1. The van der Waals surface area contributed by atoms with E-state index in [1.54, 1.807) is 6.21 Å². The molecule has 0 amide bonds. The van der Waals surface area contributed by atoms with E-state index in [2.05, 4.69) is 22.2 Å². The summed E-state index contributed by atoms with van der Waals surface area (Å²) in [5.74, 6) is 1.51. The Morgan fingerprint density at radius 1 is 1.04 bits per heavy atom. The molecule has 0 spiro atoms. The molecule has 3 aliphatic rings. The molecule has 4 heteroatoms. The molecule has 3 fully saturated rings. The van der Waals surface area contributed by atoms with Crippen LogP contribution in [0.4, 0.5) is 0 Å². The molecular weight excluding hydrogens is 312 g/mol. The molecule has 2 bridgehead atoms. The van der Waals surface area contributed by atoms with E-state index >= 15 is 0 Å². The van der Waals surface area contributed by atoms with Gasteiger partial charge in [-0.05, 0) is 49.2 Å². The van der Waals surface area contributed by atoms with Crippen molar-refractivity contribution in [2.24, 2.45) is 11.1 Å². The lowest BCUT2D eigenvalue weighted by Crippen LogP contribution is -2.50. The molecule has 3 heterocycles. The van der Waals surface area contributed by atoms with E-state index in [-0.39, 0.29) is 6.10 Å². The second kappa shape index (κ2) is 7.70. The van der Waals surface area contributed by atoms with Gasteiger partial charge in [0.1, 0.15) is 18.5 Å². The number of hydrogen-bond acceptors (Lipinski definition) is 4. The predicted octanol–water partition coefficient (Wildman–Crippen LogP) is 3.71. The fourth-order valence-corrected chi connectivity index (χ4v) is 3.63. The van der Waals surface area contributed by atoms with Crippen LogP contribution in [0.5, 0.6) is 5.75 Å². The lowest BCUT2D eigenvalue weighted by molar-refractivity contribution is -0.0675. The number of fused-ring (bicyclic) bond motifs is 3. The molecular formula is C21H24N2O2. The molecule has 4 nitrogen and oxygen atoms in total. The first-order chi connectivity index (χ1) is 12.4. The van der Waals surface area contributed by atoms with Gasteiger partial charge < -0.3 is 9.57 Å². The molecule has 1 unspecified atom stereocenters. The second-order valence-electron chi connectivity index (χ2n) is 6.86. The van der Waals surface area contributed by atoms with Crippen molar-refractivity contribution < 1.29 is 9.57 Å². The average Bonchev–Trinajstić information content (AvgIpc) is 2.69. The molecule has 1 atom stereocenters. The molecule has 2 aromatic rings. The first-order valence-corrected chi connectivity index (χ1v) is 9.05. The second-order valence-corrected chi connectivity index (χ2v) is 6.86. The lowest BCUT2D eigenvalue weighted by Gasteiger charge is -2.42. The number of hydrogen-bond donors (Lipinski definition) is 0. The third kappa shape index (κ3) is 4.20. The highest BCUT2D eigenvalue weighted by molar-refractivity contribution is 5.79. The Labute approximate surface area is 149 Å². The first-order valence-electron chi connectivity index (χ1n) is 9.05. The van der Waals surface area contributed by atoms with Crippen LogP contribution in [0.1, 0.15) is 24.0 Å². The Hall–Kier alpha value is -2.33. The highest BCUT2D eigenvalue weighted by Crippen LogP contribution is 2.29. The number of benzene rings is 2. The average molecular weight is 336 g/mol. The van der Waals surface area contributed by atoms with Gasteiger partial charge in [0, 0.05) is 12.5 Å². The van der Waals surface area contributed by atoms with Gasteiger partial charge in [-0.3, -0.25) is 4.90 Å². The van der Waals surface area contributed by atoms with Gasteiger partial charge in [-0.15, -0.1) is 0 Å². The molecule has 2 aromatic carbocycles.